The van der Waals surface area contributed by atoms with Gasteiger partial charge in [-0.25, -0.2) is 8.42 Å². The third kappa shape index (κ3) is 3.82. The molecule has 0 bridgehead atoms. The van der Waals surface area contributed by atoms with Gasteiger partial charge in [0.25, 0.3) is 0 Å². The summed E-state index contributed by atoms with van der Waals surface area (Å²) in [6.45, 7) is 0. The molecule has 1 aromatic carbocycles. The fourth-order valence-corrected chi connectivity index (χ4v) is 4.60. The highest BCUT2D eigenvalue weighted by molar-refractivity contribution is 7.92. The van der Waals surface area contributed by atoms with Crippen molar-refractivity contribution in [1.29, 1.82) is 0 Å². The van der Waals surface area contributed by atoms with Gasteiger partial charge in [-0.2, -0.15) is 0 Å². The molecule has 0 aliphatic heterocycles. The average Bonchev–Trinajstić information content (AvgIpc) is 2.58. The van der Waals surface area contributed by atoms with Gasteiger partial charge in [-0.3, -0.25) is 0 Å². The minimum Gasteiger partial charge on any atom is -0.339 e. The first-order valence-electron chi connectivity index (χ1n) is 7.66. The van der Waals surface area contributed by atoms with Gasteiger partial charge in [0, 0.05) is 10.7 Å². The third-order valence-corrected chi connectivity index (χ3v) is 6.44. The highest BCUT2D eigenvalue weighted by Crippen LogP contribution is 2.28. The van der Waals surface area contributed by atoms with E-state index in [4.69, 9.17) is 11.6 Å². The molecule has 1 heterocycles. The molecule has 122 valence electrons. The van der Waals surface area contributed by atoms with Crippen LogP contribution in [0.25, 0.3) is 0 Å². The zero-order valence-electron chi connectivity index (χ0n) is 12.6. The van der Waals surface area contributed by atoms with E-state index in [1.165, 1.54) is 6.07 Å². The summed E-state index contributed by atoms with van der Waals surface area (Å²) in [5, 5.41) is 11.4. The Morgan fingerprint density at radius 1 is 0.957 bits per heavy atom. The lowest BCUT2D eigenvalue weighted by molar-refractivity contribution is 0.481. The largest absolute Gasteiger partial charge is 0.339 e. The van der Waals surface area contributed by atoms with Crippen molar-refractivity contribution in [2.45, 2.75) is 42.4 Å². The van der Waals surface area contributed by atoms with Gasteiger partial charge >= 0.3 is 0 Å². The Bertz CT molecular complexity index is 755. The monoisotopic (exact) mass is 351 g/mol. The van der Waals surface area contributed by atoms with Gasteiger partial charge in [0.1, 0.15) is 0 Å². The summed E-state index contributed by atoms with van der Waals surface area (Å²) in [5.74, 6) is 0.495. The van der Waals surface area contributed by atoms with Crippen LogP contribution in [0.3, 0.4) is 0 Å². The van der Waals surface area contributed by atoms with Crippen LogP contribution in [0.2, 0.25) is 5.02 Å². The van der Waals surface area contributed by atoms with Crippen LogP contribution in [0.1, 0.15) is 32.1 Å². The molecule has 23 heavy (non-hydrogen) atoms. The van der Waals surface area contributed by atoms with Gasteiger partial charge in [-0.05, 0) is 49.2 Å². The van der Waals surface area contributed by atoms with E-state index in [1.807, 2.05) is 12.1 Å². The highest BCUT2D eigenvalue weighted by Gasteiger charge is 2.30. The van der Waals surface area contributed by atoms with Crippen molar-refractivity contribution in [2.75, 3.05) is 5.32 Å². The number of anilines is 2. The summed E-state index contributed by atoms with van der Waals surface area (Å²) in [6, 6.07) is 10.3. The lowest BCUT2D eigenvalue weighted by atomic mass is 10.0. The molecule has 1 aliphatic carbocycles. The molecule has 3 rings (SSSR count). The first-order valence-corrected chi connectivity index (χ1v) is 9.58. The van der Waals surface area contributed by atoms with Crippen molar-refractivity contribution in [2.24, 2.45) is 0 Å². The van der Waals surface area contributed by atoms with E-state index in [-0.39, 0.29) is 10.3 Å². The molecule has 0 atom stereocenters. The molecule has 2 aromatic rings. The molecule has 1 aromatic heterocycles. The van der Waals surface area contributed by atoms with E-state index < -0.39 is 9.84 Å². The molecule has 1 fully saturated rings. The Morgan fingerprint density at radius 2 is 1.65 bits per heavy atom. The van der Waals surface area contributed by atoms with E-state index in [0.29, 0.717) is 10.8 Å². The fourth-order valence-electron chi connectivity index (χ4n) is 2.77. The zero-order valence-corrected chi connectivity index (χ0v) is 14.1. The van der Waals surface area contributed by atoms with Crippen LogP contribution >= 0.6 is 11.6 Å². The summed E-state index contributed by atoms with van der Waals surface area (Å²) in [4.78, 5) is 0. The number of hydrogen-bond donors (Lipinski definition) is 1. The lowest BCUT2D eigenvalue weighted by Crippen LogP contribution is -2.25. The molecular weight excluding hydrogens is 334 g/mol. The molecule has 1 aliphatic rings. The Labute approximate surface area is 141 Å². The maximum atomic E-state index is 12.6. The maximum absolute atomic E-state index is 12.6. The van der Waals surface area contributed by atoms with Gasteiger partial charge in [0.2, 0.25) is 0 Å². The molecule has 0 amide bonds. The van der Waals surface area contributed by atoms with Gasteiger partial charge in [0.15, 0.2) is 20.7 Å². The second-order valence-corrected chi connectivity index (χ2v) is 8.31. The molecule has 0 saturated heterocycles. The van der Waals surface area contributed by atoms with Crippen LogP contribution in [0.4, 0.5) is 11.5 Å². The molecule has 1 saturated carbocycles. The number of nitrogens with one attached hydrogen (secondary N) is 1. The van der Waals surface area contributed by atoms with Gasteiger partial charge in [0.05, 0.1) is 5.25 Å². The summed E-state index contributed by atoms with van der Waals surface area (Å²) >= 11 is 5.84. The van der Waals surface area contributed by atoms with E-state index in [9.17, 15) is 8.42 Å². The Hall–Kier alpha value is -1.66. The molecule has 0 spiro atoms. The maximum Gasteiger partial charge on any atom is 0.200 e. The van der Waals surface area contributed by atoms with Crippen molar-refractivity contribution < 1.29 is 8.42 Å². The Morgan fingerprint density at radius 3 is 2.26 bits per heavy atom. The minimum absolute atomic E-state index is 0.0612. The van der Waals surface area contributed by atoms with Crippen LogP contribution in [-0.2, 0) is 9.84 Å². The molecule has 5 nitrogen and oxygen atoms in total. The Balaban J connectivity index is 1.74. The SMILES string of the molecule is O=S(=O)(c1ccc(Nc2ccc(Cl)cc2)nn1)C1CCCCC1. The number of aromatic nitrogens is 2. The molecule has 7 heteroatoms. The number of hydrogen-bond acceptors (Lipinski definition) is 5. The highest BCUT2D eigenvalue weighted by atomic mass is 35.5. The minimum atomic E-state index is -3.38. The van der Waals surface area contributed by atoms with Crippen LogP contribution in [0.15, 0.2) is 41.4 Å². The predicted molar refractivity (Wildman–Crippen MR) is 90.8 cm³/mol. The summed E-state index contributed by atoms with van der Waals surface area (Å²) in [7, 11) is -3.38. The van der Waals surface area contributed by atoms with Crippen LogP contribution in [0, 0.1) is 0 Å². The fraction of sp³-hybridized carbons (Fsp3) is 0.375. The number of benzene rings is 1. The first kappa shape index (κ1) is 16.2. The standard InChI is InChI=1S/C16H18ClN3O2S/c17-12-6-8-13(9-7-12)18-15-10-11-16(20-19-15)23(21,22)14-4-2-1-3-5-14/h6-11,14H,1-5H2,(H,18,19). The van der Waals surface area contributed by atoms with Crippen molar-refractivity contribution in [3.63, 3.8) is 0 Å². The summed E-state index contributed by atoms with van der Waals surface area (Å²) < 4.78 is 25.1. The third-order valence-electron chi connectivity index (χ3n) is 4.04. The normalized spacial score (nSPS) is 16.2. The van der Waals surface area contributed by atoms with Gasteiger partial charge in [-0.15, -0.1) is 10.2 Å². The predicted octanol–water partition coefficient (Wildman–Crippen LogP) is 3.98. The topological polar surface area (TPSA) is 72.0 Å². The van der Waals surface area contributed by atoms with Crippen molar-refractivity contribution >= 4 is 32.9 Å². The lowest BCUT2D eigenvalue weighted by Gasteiger charge is -2.20. The van der Waals surface area contributed by atoms with Gasteiger partial charge < -0.3 is 5.32 Å². The van der Waals surface area contributed by atoms with E-state index in [0.717, 1.165) is 37.8 Å². The smallest absolute Gasteiger partial charge is 0.200 e. The van der Waals surface area contributed by atoms with E-state index >= 15 is 0 Å². The zero-order chi connectivity index (χ0) is 16.3. The van der Waals surface area contributed by atoms with Crippen LogP contribution < -0.4 is 5.32 Å². The quantitative estimate of drug-likeness (QED) is 0.902. The second kappa shape index (κ2) is 6.84. The average molecular weight is 352 g/mol. The summed E-state index contributed by atoms with van der Waals surface area (Å²) in [5.41, 5.74) is 0.812. The van der Waals surface area contributed by atoms with Crippen molar-refractivity contribution in [3.8, 4) is 0 Å². The molecule has 0 radical (unpaired) electrons. The molecular formula is C16H18ClN3O2S. The van der Waals surface area contributed by atoms with Crippen LogP contribution in [0.5, 0.6) is 0 Å². The van der Waals surface area contributed by atoms with Crippen LogP contribution in [-0.4, -0.2) is 23.9 Å². The number of rotatable bonds is 4. The van der Waals surface area contributed by atoms with E-state index in [1.54, 1.807) is 18.2 Å². The van der Waals surface area contributed by atoms with Crippen molar-refractivity contribution in [3.05, 3.63) is 41.4 Å². The number of nitrogens with zero attached hydrogens (tertiary/aromatic N) is 2. The summed E-state index contributed by atoms with van der Waals surface area (Å²) in [6.07, 6.45) is 4.48. The van der Waals surface area contributed by atoms with E-state index in [2.05, 4.69) is 15.5 Å². The number of sulfone groups is 1. The second-order valence-electron chi connectivity index (χ2n) is 5.69. The Kier molecular flexibility index (Phi) is 4.82. The molecule has 0 unspecified atom stereocenters. The van der Waals surface area contributed by atoms with Gasteiger partial charge in [-0.1, -0.05) is 30.9 Å². The number of halogens is 1. The first-order chi connectivity index (χ1) is 11.1. The molecule has 1 N–H and O–H groups in total. The van der Waals surface area contributed by atoms with Crippen molar-refractivity contribution in [1.82, 2.24) is 10.2 Å².